The summed E-state index contributed by atoms with van der Waals surface area (Å²) in [5, 5.41) is 4.62. The fourth-order valence-electron chi connectivity index (χ4n) is 3.32. The predicted molar refractivity (Wildman–Crippen MR) is 133 cm³/mol. The van der Waals surface area contributed by atoms with Crippen molar-refractivity contribution in [1.82, 2.24) is 15.0 Å². The van der Waals surface area contributed by atoms with E-state index in [4.69, 9.17) is 4.74 Å². The molecule has 0 saturated heterocycles. The Morgan fingerprint density at radius 2 is 1.94 bits per heavy atom. The molecule has 1 saturated carbocycles. The number of carbonyl (C=O) groups excluding carboxylic acids is 1. The summed E-state index contributed by atoms with van der Waals surface area (Å²) in [6, 6.07) is 7.32. The monoisotopic (exact) mass is 501 g/mol. The van der Waals surface area contributed by atoms with Crippen LogP contribution in [0, 0.1) is 0 Å². The number of anilines is 2. The number of nitrogens with zero attached hydrogens (tertiary/aromatic N) is 3. The average Bonchev–Trinajstić information content (AvgIpc) is 3.61. The third-order valence-electron chi connectivity index (χ3n) is 5.31. The van der Waals surface area contributed by atoms with Gasteiger partial charge in [-0.1, -0.05) is 26.0 Å². The summed E-state index contributed by atoms with van der Waals surface area (Å²) in [6.45, 7) is 4.50. The van der Waals surface area contributed by atoms with Crippen LogP contribution in [0.25, 0.3) is 11.3 Å². The van der Waals surface area contributed by atoms with Gasteiger partial charge in [-0.15, -0.1) is 11.3 Å². The Kier molecular flexibility index (Phi) is 7.42. The lowest BCUT2D eigenvalue weighted by Gasteiger charge is -2.13. The molecule has 4 rings (SSSR count). The van der Waals surface area contributed by atoms with Gasteiger partial charge in [0.05, 0.1) is 41.6 Å². The molecular formula is C23H27N5O4S2. The number of benzene rings is 1. The third-order valence-corrected chi connectivity index (χ3v) is 8.04. The van der Waals surface area contributed by atoms with Gasteiger partial charge in [-0.25, -0.2) is 18.4 Å². The molecule has 1 atom stereocenters. The van der Waals surface area contributed by atoms with Crippen molar-refractivity contribution < 1.29 is 17.9 Å². The molecule has 1 unspecified atom stereocenters. The molecule has 34 heavy (non-hydrogen) atoms. The summed E-state index contributed by atoms with van der Waals surface area (Å²) in [4.78, 5) is 25.9. The molecule has 2 aromatic heterocycles. The number of sulfonamides is 1. The molecule has 0 radical (unpaired) electrons. The Hall–Kier alpha value is -3.05. The Morgan fingerprint density at radius 3 is 2.62 bits per heavy atom. The van der Waals surface area contributed by atoms with Gasteiger partial charge >= 0.3 is 0 Å². The molecule has 1 aromatic carbocycles. The van der Waals surface area contributed by atoms with E-state index in [-0.39, 0.29) is 11.2 Å². The molecule has 11 heteroatoms. The molecule has 0 spiro atoms. The van der Waals surface area contributed by atoms with E-state index in [2.05, 4.69) is 25.0 Å². The summed E-state index contributed by atoms with van der Waals surface area (Å²) in [5.74, 6) is -0.218. The quantitative estimate of drug-likeness (QED) is 0.398. The maximum atomic E-state index is 12.9. The summed E-state index contributed by atoms with van der Waals surface area (Å²) < 4.78 is 32.4. The van der Waals surface area contributed by atoms with E-state index in [1.807, 2.05) is 26.0 Å². The fourth-order valence-corrected chi connectivity index (χ4v) is 5.68. The van der Waals surface area contributed by atoms with E-state index >= 15 is 0 Å². The summed E-state index contributed by atoms with van der Waals surface area (Å²) >= 11 is 1.19. The van der Waals surface area contributed by atoms with Crippen LogP contribution in [0.4, 0.5) is 10.8 Å². The summed E-state index contributed by atoms with van der Waals surface area (Å²) in [5.41, 5.74) is 2.73. The van der Waals surface area contributed by atoms with Gasteiger partial charge in [0.15, 0.2) is 5.13 Å². The highest BCUT2D eigenvalue weighted by Gasteiger charge is 2.36. The second-order valence-electron chi connectivity index (χ2n) is 8.04. The van der Waals surface area contributed by atoms with E-state index in [1.165, 1.54) is 11.3 Å². The molecule has 1 fully saturated rings. The first kappa shape index (κ1) is 24.1. The maximum Gasteiger partial charge on any atom is 0.237 e. The Bertz CT molecular complexity index is 1240. The first-order valence-electron chi connectivity index (χ1n) is 11.2. The summed E-state index contributed by atoms with van der Waals surface area (Å²) in [7, 11) is -3.38. The summed E-state index contributed by atoms with van der Waals surface area (Å²) in [6.07, 6.45) is 6.02. The molecule has 1 aliphatic carbocycles. The van der Waals surface area contributed by atoms with Gasteiger partial charge in [-0.3, -0.25) is 14.5 Å². The van der Waals surface area contributed by atoms with Gasteiger partial charge in [0, 0.05) is 16.6 Å². The van der Waals surface area contributed by atoms with Crippen LogP contribution in [0.3, 0.4) is 0 Å². The van der Waals surface area contributed by atoms with Crippen LogP contribution in [-0.4, -0.2) is 41.1 Å². The molecule has 180 valence electrons. The molecule has 1 amide bonds. The topological polar surface area (TPSA) is 123 Å². The van der Waals surface area contributed by atoms with Crippen molar-refractivity contribution in [1.29, 1.82) is 0 Å². The second kappa shape index (κ2) is 10.5. The minimum absolute atomic E-state index is 0.202. The lowest BCUT2D eigenvalue weighted by Crippen LogP contribution is -2.21. The smallest absolute Gasteiger partial charge is 0.237 e. The van der Waals surface area contributed by atoms with Gasteiger partial charge in [0.2, 0.25) is 21.8 Å². The Morgan fingerprint density at radius 1 is 1.18 bits per heavy atom. The fraction of sp³-hybridized carbons (Fsp3) is 0.391. The Balaban J connectivity index is 1.41. The van der Waals surface area contributed by atoms with Gasteiger partial charge in [0.25, 0.3) is 0 Å². The van der Waals surface area contributed by atoms with Crippen molar-refractivity contribution in [2.75, 3.05) is 16.6 Å². The number of hydrogen-bond acceptors (Lipinski definition) is 8. The first-order chi connectivity index (χ1) is 16.4. The molecule has 9 nitrogen and oxygen atoms in total. The van der Waals surface area contributed by atoms with Crippen molar-refractivity contribution in [3.05, 3.63) is 47.7 Å². The highest BCUT2D eigenvalue weighted by Crippen LogP contribution is 2.32. The van der Waals surface area contributed by atoms with E-state index in [0.29, 0.717) is 54.0 Å². The zero-order chi connectivity index (χ0) is 24.1. The van der Waals surface area contributed by atoms with Crippen LogP contribution in [0.1, 0.15) is 51.1 Å². The van der Waals surface area contributed by atoms with Crippen molar-refractivity contribution in [2.24, 2.45) is 0 Å². The first-order valence-corrected chi connectivity index (χ1v) is 13.7. The number of aromatic nitrogens is 3. The van der Waals surface area contributed by atoms with Crippen LogP contribution < -0.4 is 14.8 Å². The van der Waals surface area contributed by atoms with Crippen molar-refractivity contribution in [2.45, 2.75) is 50.7 Å². The lowest BCUT2D eigenvalue weighted by atomic mass is 10.0. The molecule has 3 aromatic rings. The minimum atomic E-state index is -3.38. The van der Waals surface area contributed by atoms with E-state index in [0.717, 1.165) is 12.0 Å². The zero-order valence-electron chi connectivity index (χ0n) is 19.0. The van der Waals surface area contributed by atoms with Gasteiger partial charge < -0.3 is 10.1 Å². The standard InChI is InChI=1S/C23H27N5O4S2/c1-3-11-32-21-13-24-12-19(26-21)15-5-7-16(8-6-15)25-22(29)18(4-2)20-14-33-23(27-20)28-34(30,31)17-9-10-17/h5-8,12-14,17-18H,3-4,9-11H2,1-2H3,(H,25,29)(H,27,28). The van der Waals surface area contributed by atoms with Gasteiger partial charge in [0.1, 0.15) is 0 Å². The number of amides is 1. The predicted octanol–water partition coefficient (Wildman–Crippen LogP) is 4.43. The normalized spacial score (nSPS) is 14.4. The molecule has 1 aliphatic rings. The van der Waals surface area contributed by atoms with Crippen molar-refractivity contribution >= 4 is 38.1 Å². The number of carbonyl (C=O) groups is 1. The SMILES string of the molecule is CCCOc1cncc(-c2ccc(NC(=O)C(CC)c3csc(NS(=O)(=O)C4CC4)n3)cc2)n1. The van der Waals surface area contributed by atoms with E-state index in [1.54, 1.807) is 29.9 Å². The second-order valence-corrected chi connectivity index (χ2v) is 10.9. The molecule has 0 aliphatic heterocycles. The van der Waals surface area contributed by atoms with Crippen molar-refractivity contribution in [3.8, 4) is 17.1 Å². The molecule has 2 N–H and O–H groups in total. The highest BCUT2D eigenvalue weighted by molar-refractivity contribution is 7.93. The lowest BCUT2D eigenvalue weighted by molar-refractivity contribution is -0.117. The van der Waals surface area contributed by atoms with Crippen LogP contribution in [0.2, 0.25) is 0 Å². The molecule has 0 bridgehead atoms. The van der Waals surface area contributed by atoms with Crippen LogP contribution in [-0.2, 0) is 14.8 Å². The molecular weight excluding hydrogens is 474 g/mol. The maximum absolute atomic E-state index is 12.9. The third kappa shape index (κ3) is 5.89. The van der Waals surface area contributed by atoms with Gasteiger partial charge in [-0.2, -0.15) is 0 Å². The minimum Gasteiger partial charge on any atom is -0.477 e. The van der Waals surface area contributed by atoms with Crippen LogP contribution >= 0.6 is 11.3 Å². The molecule has 2 heterocycles. The van der Waals surface area contributed by atoms with Crippen LogP contribution in [0.15, 0.2) is 42.0 Å². The Labute approximate surface area is 203 Å². The zero-order valence-corrected chi connectivity index (χ0v) is 20.7. The number of thiazole rings is 1. The average molecular weight is 502 g/mol. The van der Waals surface area contributed by atoms with Crippen LogP contribution in [0.5, 0.6) is 5.88 Å². The van der Waals surface area contributed by atoms with E-state index in [9.17, 15) is 13.2 Å². The van der Waals surface area contributed by atoms with Gasteiger partial charge in [-0.05, 0) is 37.8 Å². The highest BCUT2D eigenvalue weighted by atomic mass is 32.2. The number of hydrogen-bond donors (Lipinski definition) is 2. The number of nitrogens with one attached hydrogen (secondary N) is 2. The number of ether oxygens (including phenoxy) is 1. The van der Waals surface area contributed by atoms with E-state index < -0.39 is 15.9 Å². The largest absolute Gasteiger partial charge is 0.477 e. The number of rotatable bonds is 11. The van der Waals surface area contributed by atoms with Crippen molar-refractivity contribution in [3.63, 3.8) is 0 Å².